The van der Waals surface area contributed by atoms with Gasteiger partial charge in [-0.25, -0.2) is 0 Å². The summed E-state index contributed by atoms with van der Waals surface area (Å²) in [5.74, 6) is 0. The zero-order valence-corrected chi connectivity index (χ0v) is 6.28. The summed E-state index contributed by atoms with van der Waals surface area (Å²) in [7, 11) is 0. The van der Waals surface area contributed by atoms with Crippen molar-refractivity contribution in [2.24, 2.45) is 0 Å². The van der Waals surface area contributed by atoms with Crippen molar-refractivity contribution in [2.75, 3.05) is 0 Å². The molecule has 0 saturated carbocycles. The summed E-state index contributed by atoms with van der Waals surface area (Å²) in [5.41, 5.74) is 0. The van der Waals surface area contributed by atoms with E-state index in [1.807, 2.05) is 0 Å². The third-order valence-corrected chi connectivity index (χ3v) is 2.70. The normalized spacial score (nSPS) is 8.67. The Morgan fingerprint density at radius 2 is 2.00 bits per heavy atom. The van der Waals surface area contributed by atoms with Crippen LogP contribution < -0.4 is 0 Å². The molecule has 0 aliphatic carbocycles. The molecule has 0 radical (unpaired) electrons. The SMILES string of the molecule is O=[As]O[As](=O)=O. The van der Waals surface area contributed by atoms with Crippen molar-refractivity contribution in [3.63, 3.8) is 0 Å². The van der Waals surface area contributed by atoms with Crippen molar-refractivity contribution in [1.29, 1.82) is 0 Å². The maximum absolute atomic E-state index is 9.32. The minimum absolute atomic E-state index is 1.63. The summed E-state index contributed by atoms with van der Waals surface area (Å²) in [6.45, 7) is 0. The molecule has 34 valence electrons. The molecule has 0 amide bonds. The van der Waals surface area contributed by atoms with Crippen LogP contribution in [0.25, 0.3) is 0 Å². The van der Waals surface area contributed by atoms with Crippen LogP contribution in [0.1, 0.15) is 0 Å². The number of hydrogen-bond donors (Lipinski definition) is 0. The van der Waals surface area contributed by atoms with E-state index in [0.29, 0.717) is 0 Å². The molecular weight excluding hydrogens is 214 g/mol. The van der Waals surface area contributed by atoms with Crippen molar-refractivity contribution >= 4 is 30.9 Å². The predicted octanol–water partition coefficient (Wildman–Crippen LogP) is -1.19. The van der Waals surface area contributed by atoms with Crippen LogP contribution in [0.3, 0.4) is 0 Å². The van der Waals surface area contributed by atoms with Gasteiger partial charge in [-0.3, -0.25) is 0 Å². The van der Waals surface area contributed by atoms with Crippen LogP contribution in [0.15, 0.2) is 0 Å². The van der Waals surface area contributed by atoms with Crippen LogP contribution in [0, 0.1) is 0 Å². The molecule has 0 aliphatic heterocycles. The van der Waals surface area contributed by atoms with Crippen LogP contribution >= 0.6 is 0 Å². The van der Waals surface area contributed by atoms with Gasteiger partial charge in [-0.15, -0.1) is 0 Å². The Balaban J connectivity index is 3.32. The molecule has 0 N–H and O–H groups in total. The fourth-order valence-corrected chi connectivity index (χ4v) is 0.735. The molecule has 0 aliphatic rings. The Morgan fingerprint density at radius 3 is 2.00 bits per heavy atom. The Bertz CT molecular complexity index is 92.1. The monoisotopic (exact) mass is 214 g/mol. The molecule has 6 heavy (non-hydrogen) atoms. The van der Waals surface area contributed by atoms with E-state index in [1.165, 1.54) is 0 Å². The van der Waals surface area contributed by atoms with Gasteiger partial charge in [-0.05, 0) is 0 Å². The molecule has 0 unspecified atom stereocenters. The standard InChI is InChI=1S/As2O4/c3-1-6-2(4)5. The second-order valence-electron chi connectivity index (χ2n) is 0.380. The Labute approximate surface area is 45.2 Å². The zero-order valence-electron chi connectivity index (χ0n) is 2.53. The molecule has 0 aromatic heterocycles. The van der Waals surface area contributed by atoms with Crippen LogP contribution in [-0.4, -0.2) is 30.9 Å². The summed E-state index contributed by atoms with van der Waals surface area (Å²) in [5, 5.41) is 0. The quantitative estimate of drug-likeness (QED) is 0.542. The van der Waals surface area contributed by atoms with E-state index >= 15 is 0 Å². The van der Waals surface area contributed by atoms with Crippen LogP contribution in [0.5, 0.6) is 0 Å². The first kappa shape index (κ1) is 6.48. The van der Waals surface area contributed by atoms with Crippen LogP contribution in [0.2, 0.25) is 0 Å². The van der Waals surface area contributed by atoms with Gasteiger partial charge in [0, 0.05) is 0 Å². The molecule has 0 aromatic rings. The van der Waals surface area contributed by atoms with Crippen molar-refractivity contribution in [1.82, 2.24) is 0 Å². The Kier molecular flexibility index (Phi) is 3.95. The van der Waals surface area contributed by atoms with Gasteiger partial charge in [0.2, 0.25) is 0 Å². The summed E-state index contributed by atoms with van der Waals surface area (Å²) < 4.78 is 31.5. The van der Waals surface area contributed by atoms with E-state index < -0.39 is 30.9 Å². The van der Waals surface area contributed by atoms with E-state index in [1.54, 1.807) is 0 Å². The fourth-order valence-electron chi connectivity index (χ4n) is 0.0272. The van der Waals surface area contributed by atoms with Crippen molar-refractivity contribution in [2.45, 2.75) is 0 Å². The summed E-state index contributed by atoms with van der Waals surface area (Å²) in [4.78, 5) is 0. The Hall–Kier alpha value is 0.477. The van der Waals surface area contributed by atoms with Crippen LogP contribution in [0.4, 0.5) is 0 Å². The maximum atomic E-state index is 9.32. The first-order chi connectivity index (χ1) is 2.77. The van der Waals surface area contributed by atoms with E-state index in [9.17, 15) is 11.2 Å². The zero-order chi connectivity index (χ0) is 4.99. The molecule has 0 aromatic carbocycles. The van der Waals surface area contributed by atoms with Crippen molar-refractivity contribution < 1.29 is 13.9 Å². The van der Waals surface area contributed by atoms with Gasteiger partial charge in [0.1, 0.15) is 0 Å². The second kappa shape index (κ2) is 3.66. The van der Waals surface area contributed by atoms with Gasteiger partial charge in [-0.2, -0.15) is 0 Å². The van der Waals surface area contributed by atoms with Gasteiger partial charge in [0.15, 0.2) is 0 Å². The first-order valence-electron chi connectivity index (χ1n) is 0.913. The Morgan fingerprint density at radius 1 is 1.50 bits per heavy atom. The van der Waals surface area contributed by atoms with Gasteiger partial charge >= 0.3 is 44.8 Å². The van der Waals surface area contributed by atoms with Gasteiger partial charge in [0.05, 0.1) is 0 Å². The molecule has 0 saturated heterocycles. The molecule has 6 heteroatoms. The fraction of sp³-hybridized carbons (Fsp3) is 0. The number of hydrogen-bond acceptors (Lipinski definition) is 4. The third-order valence-electron chi connectivity index (χ3n) is 0.100. The molecule has 0 rings (SSSR count). The van der Waals surface area contributed by atoms with E-state index in [2.05, 4.69) is 2.72 Å². The van der Waals surface area contributed by atoms with E-state index in [0.717, 1.165) is 0 Å². The second-order valence-corrected chi connectivity index (χ2v) is 3.75. The van der Waals surface area contributed by atoms with Gasteiger partial charge < -0.3 is 0 Å². The molecule has 0 heterocycles. The molecular formula is As2O4. The van der Waals surface area contributed by atoms with Gasteiger partial charge in [0.25, 0.3) is 0 Å². The number of rotatable bonds is 2. The minimum atomic E-state index is -3.49. The summed E-state index contributed by atoms with van der Waals surface area (Å²) in [6.07, 6.45) is 0. The molecule has 4 nitrogen and oxygen atoms in total. The van der Waals surface area contributed by atoms with E-state index in [-0.39, 0.29) is 0 Å². The average Bonchev–Trinajstić information content (AvgIpc) is 1.35. The predicted molar refractivity (Wildman–Crippen MR) is 14.7 cm³/mol. The van der Waals surface area contributed by atoms with Crippen molar-refractivity contribution in [3.05, 3.63) is 0 Å². The molecule has 0 atom stereocenters. The van der Waals surface area contributed by atoms with Gasteiger partial charge in [-0.1, -0.05) is 0 Å². The third kappa shape index (κ3) is 4.48. The molecule has 0 spiro atoms. The molecule has 0 bridgehead atoms. The van der Waals surface area contributed by atoms with E-state index in [4.69, 9.17) is 0 Å². The van der Waals surface area contributed by atoms with Crippen molar-refractivity contribution in [3.8, 4) is 0 Å². The summed E-state index contributed by atoms with van der Waals surface area (Å²) in [6, 6.07) is 0. The topological polar surface area (TPSA) is 60.4 Å². The molecule has 0 fully saturated rings. The summed E-state index contributed by atoms with van der Waals surface area (Å²) >= 11 is -5.12. The van der Waals surface area contributed by atoms with Crippen LogP contribution in [-0.2, 0) is 13.9 Å². The average molecular weight is 214 g/mol. The first-order valence-corrected chi connectivity index (χ1v) is 4.74.